The number of aliphatic hydroxyl groups excluding tert-OH is 3. The van der Waals surface area contributed by atoms with Crippen molar-refractivity contribution in [3.63, 3.8) is 0 Å². The summed E-state index contributed by atoms with van der Waals surface area (Å²) in [7, 11) is 0. The molecule has 0 aliphatic carbocycles. The van der Waals surface area contributed by atoms with Gasteiger partial charge in [-0.25, -0.2) is 0 Å². The number of rotatable bonds is 10. The SMILES string of the molecule is CCOc1ccc(Cc2cc([C@@H]3O[C@](CO)(OCCO)C[C@H](O)C3C=O)ccc2Cl)cc1. The number of aliphatic hydroxyl groups is 3. The van der Waals surface area contributed by atoms with Gasteiger partial charge in [-0.15, -0.1) is 0 Å². The lowest BCUT2D eigenvalue weighted by molar-refractivity contribution is -0.321. The summed E-state index contributed by atoms with van der Waals surface area (Å²) in [5.41, 5.74) is 2.49. The van der Waals surface area contributed by atoms with E-state index < -0.39 is 30.5 Å². The highest BCUT2D eigenvalue weighted by Crippen LogP contribution is 2.42. The number of hydrogen-bond donors (Lipinski definition) is 3. The van der Waals surface area contributed by atoms with E-state index in [1.807, 2.05) is 37.3 Å². The molecule has 7 nitrogen and oxygen atoms in total. The smallest absolute Gasteiger partial charge is 0.194 e. The first kappa shape index (κ1) is 24.6. The van der Waals surface area contributed by atoms with Crippen LogP contribution in [0.4, 0.5) is 0 Å². The van der Waals surface area contributed by atoms with Crippen LogP contribution in [0.5, 0.6) is 5.75 Å². The summed E-state index contributed by atoms with van der Waals surface area (Å²) in [6, 6.07) is 13.0. The second-order valence-corrected chi connectivity index (χ2v) is 8.18. The molecule has 1 saturated heterocycles. The first-order valence-electron chi connectivity index (χ1n) is 10.6. The third-order valence-electron chi connectivity index (χ3n) is 5.54. The summed E-state index contributed by atoms with van der Waals surface area (Å²) < 4.78 is 17.0. The number of carbonyl (C=O) groups is 1. The largest absolute Gasteiger partial charge is 0.494 e. The van der Waals surface area contributed by atoms with Gasteiger partial charge in [0.05, 0.1) is 44.6 Å². The molecular formula is C24H29ClO7. The fourth-order valence-corrected chi connectivity index (χ4v) is 4.12. The van der Waals surface area contributed by atoms with E-state index in [1.54, 1.807) is 12.1 Å². The molecule has 3 N–H and O–H groups in total. The van der Waals surface area contributed by atoms with Crippen LogP contribution in [0.2, 0.25) is 5.02 Å². The Morgan fingerprint density at radius 2 is 1.97 bits per heavy atom. The number of aldehydes is 1. The summed E-state index contributed by atoms with van der Waals surface area (Å²) in [4.78, 5) is 11.8. The average molecular weight is 465 g/mol. The van der Waals surface area contributed by atoms with Crippen molar-refractivity contribution in [2.24, 2.45) is 5.92 Å². The zero-order chi connectivity index (χ0) is 23.1. The van der Waals surface area contributed by atoms with Crippen LogP contribution in [-0.4, -0.2) is 59.9 Å². The van der Waals surface area contributed by atoms with Crippen molar-refractivity contribution in [1.82, 2.24) is 0 Å². The van der Waals surface area contributed by atoms with Crippen molar-refractivity contribution in [1.29, 1.82) is 0 Å². The Labute approximate surface area is 192 Å². The van der Waals surface area contributed by atoms with Crippen LogP contribution in [0.1, 0.15) is 36.1 Å². The van der Waals surface area contributed by atoms with E-state index in [4.69, 9.17) is 30.9 Å². The van der Waals surface area contributed by atoms with Gasteiger partial charge < -0.3 is 34.3 Å². The van der Waals surface area contributed by atoms with Gasteiger partial charge in [0.15, 0.2) is 5.79 Å². The Bertz CT molecular complexity index is 888. The van der Waals surface area contributed by atoms with Gasteiger partial charge in [0.2, 0.25) is 0 Å². The van der Waals surface area contributed by atoms with Crippen molar-refractivity contribution in [2.75, 3.05) is 26.4 Å². The molecule has 0 spiro atoms. The first-order valence-corrected chi connectivity index (χ1v) is 11.0. The quantitative estimate of drug-likeness (QED) is 0.464. The summed E-state index contributed by atoms with van der Waals surface area (Å²) in [6.45, 7) is 1.65. The summed E-state index contributed by atoms with van der Waals surface area (Å²) in [6.07, 6.45) is -0.813. The van der Waals surface area contributed by atoms with Crippen LogP contribution in [0.15, 0.2) is 42.5 Å². The van der Waals surface area contributed by atoms with Crippen molar-refractivity contribution in [3.8, 4) is 5.75 Å². The molecule has 1 unspecified atom stereocenters. The average Bonchev–Trinajstić information content (AvgIpc) is 2.80. The van der Waals surface area contributed by atoms with Gasteiger partial charge in [-0.3, -0.25) is 0 Å². The van der Waals surface area contributed by atoms with Crippen LogP contribution in [-0.2, 0) is 20.7 Å². The number of carbonyl (C=O) groups excluding carboxylic acids is 1. The van der Waals surface area contributed by atoms with E-state index in [0.29, 0.717) is 29.9 Å². The van der Waals surface area contributed by atoms with Gasteiger partial charge in [-0.1, -0.05) is 35.9 Å². The maximum Gasteiger partial charge on any atom is 0.194 e. The van der Waals surface area contributed by atoms with E-state index in [-0.39, 0.29) is 19.6 Å². The van der Waals surface area contributed by atoms with E-state index >= 15 is 0 Å². The van der Waals surface area contributed by atoms with Gasteiger partial charge in [-0.05, 0) is 48.2 Å². The molecule has 1 aliphatic rings. The van der Waals surface area contributed by atoms with Gasteiger partial charge >= 0.3 is 0 Å². The normalized spacial score (nSPS) is 25.5. The summed E-state index contributed by atoms with van der Waals surface area (Å²) in [5, 5.41) is 30.2. The molecule has 0 amide bonds. The molecule has 1 heterocycles. The molecule has 0 saturated carbocycles. The standard InChI is InChI=1S/C24H29ClO7/c1-2-30-19-6-3-16(4-7-19)11-18-12-17(5-8-21(18)25)23-20(14-27)22(29)13-24(15-28,32-23)31-10-9-26/h3-8,12,14,20,22-23,26,28-29H,2,9-11,13,15H2,1H3/t20?,22-,23-,24+/m0/s1. The number of hydrogen-bond acceptors (Lipinski definition) is 7. The second kappa shape index (κ2) is 11.2. The molecule has 4 atom stereocenters. The number of ether oxygens (including phenoxy) is 3. The van der Waals surface area contributed by atoms with Crippen LogP contribution < -0.4 is 4.74 Å². The van der Waals surface area contributed by atoms with Crippen molar-refractivity contribution < 1.29 is 34.3 Å². The Hall–Kier alpha value is -2.00. The van der Waals surface area contributed by atoms with Gasteiger partial charge in [0.1, 0.15) is 12.0 Å². The fourth-order valence-electron chi connectivity index (χ4n) is 3.94. The minimum atomic E-state index is -1.51. The van der Waals surface area contributed by atoms with Crippen LogP contribution in [0.3, 0.4) is 0 Å². The molecule has 32 heavy (non-hydrogen) atoms. The first-order chi connectivity index (χ1) is 15.4. The van der Waals surface area contributed by atoms with Crippen LogP contribution >= 0.6 is 11.6 Å². The van der Waals surface area contributed by atoms with Crippen molar-refractivity contribution in [2.45, 2.75) is 37.8 Å². The zero-order valence-electron chi connectivity index (χ0n) is 17.9. The van der Waals surface area contributed by atoms with E-state index in [2.05, 4.69) is 0 Å². The van der Waals surface area contributed by atoms with Crippen LogP contribution in [0, 0.1) is 5.92 Å². The van der Waals surface area contributed by atoms with Crippen molar-refractivity contribution in [3.05, 3.63) is 64.2 Å². The predicted molar refractivity (Wildman–Crippen MR) is 119 cm³/mol. The third kappa shape index (κ3) is 5.67. The molecule has 0 radical (unpaired) electrons. The minimum Gasteiger partial charge on any atom is -0.494 e. The molecule has 8 heteroatoms. The minimum absolute atomic E-state index is 0.0740. The predicted octanol–water partition coefficient (Wildman–Crippen LogP) is 2.66. The highest BCUT2D eigenvalue weighted by molar-refractivity contribution is 6.31. The number of benzene rings is 2. The van der Waals surface area contributed by atoms with Gasteiger partial charge in [0, 0.05) is 11.4 Å². The molecule has 174 valence electrons. The van der Waals surface area contributed by atoms with Crippen LogP contribution in [0.25, 0.3) is 0 Å². The molecule has 2 aromatic rings. The zero-order valence-corrected chi connectivity index (χ0v) is 18.7. The lowest BCUT2D eigenvalue weighted by Crippen LogP contribution is -2.52. The monoisotopic (exact) mass is 464 g/mol. The lowest BCUT2D eigenvalue weighted by atomic mass is 9.84. The maximum absolute atomic E-state index is 11.8. The van der Waals surface area contributed by atoms with Crippen molar-refractivity contribution >= 4 is 17.9 Å². The Balaban J connectivity index is 1.88. The number of halogens is 1. The molecular weight excluding hydrogens is 436 g/mol. The Morgan fingerprint density at radius 3 is 2.59 bits per heavy atom. The Morgan fingerprint density at radius 1 is 1.22 bits per heavy atom. The molecule has 2 aromatic carbocycles. The highest BCUT2D eigenvalue weighted by Gasteiger charge is 2.48. The summed E-state index contributed by atoms with van der Waals surface area (Å²) >= 11 is 6.44. The van der Waals surface area contributed by atoms with Gasteiger partial charge in [0.25, 0.3) is 0 Å². The Kier molecular flexibility index (Phi) is 8.64. The third-order valence-corrected chi connectivity index (χ3v) is 5.91. The fraction of sp³-hybridized carbons (Fsp3) is 0.458. The molecule has 1 fully saturated rings. The molecule has 0 aromatic heterocycles. The van der Waals surface area contributed by atoms with E-state index in [1.165, 1.54) is 0 Å². The van der Waals surface area contributed by atoms with E-state index in [9.17, 15) is 15.0 Å². The molecule has 1 aliphatic heterocycles. The lowest BCUT2D eigenvalue weighted by Gasteiger charge is -2.44. The molecule has 0 bridgehead atoms. The maximum atomic E-state index is 11.8. The molecule has 3 rings (SSSR count). The topological polar surface area (TPSA) is 105 Å². The van der Waals surface area contributed by atoms with Gasteiger partial charge in [-0.2, -0.15) is 0 Å². The second-order valence-electron chi connectivity index (χ2n) is 7.77. The summed E-state index contributed by atoms with van der Waals surface area (Å²) in [5.74, 6) is -1.56. The van der Waals surface area contributed by atoms with E-state index in [0.717, 1.165) is 16.9 Å². The highest BCUT2D eigenvalue weighted by atomic mass is 35.5.